The van der Waals surface area contributed by atoms with Crippen molar-refractivity contribution in [2.24, 2.45) is 0 Å². The van der Waals surface area contributed by atoms with Gasteiger partial charge in [0.2, 0.25) is 10.0 Å². The molecule has 1 aliphatic rings. The van der Waals surface area contributed by atoms with Crippen LogP contribution in [0.25, 0.3) is 0 Å². The van der Waals surface area contributed by atoms with E-state index in [2.05, 4.69) is 12.6 Å². The lowest BCUT2D eigenvalue weighted by Gasteiger charge is -2.25. The maximum absolute atomic E-state index is 11.9. The molecule has 0 radical (unpaired) electrons. The molecule has 14 heavy (non-hydrogen) atoms. The predicted molar refractivity (Wildman–Crippen MR) is 58.0 cm³/mol. The fraction of sp³-hybridized carbons (Fsp3) is 0.875. The molecule has 1 rings (SSSR count). The maximum Gasteiger partial charge on any atom is 0.219 e. The first kappa shape index (κ1) is 12.0. The van der Waals surface area contributed by atoms with Gasteiger partial charge in [-0.25, -0.2) is 8.42 Å². The molecule has 82 valence electrons. The Balaban J connectivity index is 2.93. The average molecular weight is 237 g/mol. The molecule has 0 N–H and O–H groups in total. The van der Waals surface area contributed by atoms with Crippen LogP contribution in [-0.4, -0.2) is 41.6 Å². The maximum atomic E-state index is 11.9. The molecule has 1 saturated heterocycles. The van der Waals surface area contributed by atoms with Crippen molar-refractivity contribution in [3.63, 3.8) is 0 Å². The van der Waals surface area contributed by atoms with Gasteiger partial charge >= 0.3 is 0 Å². The van der Waals surface area contributed by atoms with Gasteiger partial charge in [0, 0.05) is 6.54 Å². The lowest BCUT2D eigenvalue weighted by Crippen LogP contribution is -2.42. The number of carbonyl (C=O) groups is 1. The van der Waals surface area contributed by atoms with Gasteiger partial charge in [0.25, 0.3) is 0 Å². The fourth-order valence-electron chi connectivity index (χ4n) is 1.21. The summed E-state index contributed by atoms with van der Waals surface area (Å²) < 4.78 is 24.1. The first-order valence-electron chi connectivity index (χ1n) is 4.37. The molecular weight excluding hydrogens is 222 g/mol. The van der Waals surface area contributed by atoms with Crippen molar-refractivity contribution >= 4 is 28.4 Å². The molecule has 0 aromatic carbocycles. The van der Waals surface area contributed by atoms with E-state index in [4.69, 9.17) is 0 Å². The van der Waals surface area contributed by atoms with Crippen LogP contribution in [0, 0.1) is 0 Å². The van der Waals surface area contributed by atoms with Crippen LogP contribution in [0.2, 0.25) is 0 Å². The van der Waals surface area contributed by atoms with Crippen LogP contribution in [0.5, 0.6) is 0 Å². The van der Waals surface area contributed by atoms with Crippen LogP contribution in [0.3, 0.4) is 0 Å². The summed E-state index contributed by atoms with van der Waals surface area (Å²) >= 11 is 4.02. The number of sulfonamides is 1. The standard InChI is InChI=1S/C8H15NO3S2/c1-8(2,3)14(11,12)9-4-6(10)7(13)5-9/h7,13H,4-5H2,1-3H3. The molecule has 1 fully saturated rings. The lowest BCUT2D eigenvalue weighted by molar-refractivity contribution is -0.116. The van der Waals surface area contributed by atoms with Crippen molar-refractivity contribution in [3.8, 4) is 0 Å². The molecule has 0 amide bonds. The molecule has 0 aromatic rings. The van der Waals surface area contributed by atoms with Gasteiger partial charge in [0.05, 0.1) is 16.5 Å². The first-order valence-corrected chi connectivity index (χ1v) is 6.32. The van der Waals surface area contributed by atoms with Gasteiger partial charge in [-0.15, -0.1) is 0 Å². The van der Waals surface area contributed by atoms with Crippen LogP contribution in [-0.2, 0) is 14.8 Å². The SMILES string of the molecule is CC(C)(C)S(=O)(=O)N1CC(=O)C(S)C1. The molecule has 1 aliphatic heterocycles. The number of Topliss-reactive ketones (excluding diaryl/α,β-unsaturated/α-hetero) is 1. The zero-order valence-corrected chi connectivity index (χ0v) is 10.2. The monoisotopic (exact) mass is 237 g/mol. The van der Waals surface area contributed by atoms with Gasteiger partial charge in [-0.1, -0.05) is 0 Å². The third-order valence-corrected chi connectivity index (χ3v) is 5.15. The van der Waals surface area contributed by atoms with Crippen molar-refractivity contribution in [3.05, 3.63) is 0 Å². The predicted octanol–water partition coefficient (Wildman–Crippen LogP) is 0.298. The Bertz CT molecular complexity index is 342. The molecule has 0 aliphatic carbocycles. The second kappa shape index (κ2) is 3.50. The molecular formula is C8H15NO3S2. The molecule has 0 spiro atoms. The Kier molecular flexibility index (Phi) is 3.00. The molecule has 1 unspecified atom stereocenters. The van der Waals surface area contributed by atoms with Gasteiger partial charge < -0.3 is 0 Å². The van der Waals surface area contributed by atoms with Crippen LogP contribution < -0.4 is 0 Å². The minimum absolute atomic E-state index is 0.0340. The number of ketones is 1. The summed E-state index contributed by atoms with van der Waals surface area (Å²) in [6.07, 6.45) is 0. The van der Waals surface area contributed by atoms with Crippen LogP contribution in [0.4, 0.5) is 0 Å². The molecule has 0 saturated carbocycles. The van der Waals surface area contributed by atoms with E-state index >= 15 is 0 Å². The highest BCUT2D eigenvalue weighted by atomic mass is 32.2. The van der Waals surface area contributed by atoms with Crippen molar-refractivity contribution < 1.29 is 13.2 Å². The number of rotatable bonds is 1. The zero-order chi connectivity index (χ0) is 11.1. The quantitative estimate of drug-likeness (QED) is 0.667. The third-order valence-electron chi connectivity index (χ3n) is 2.19. The van der Waals surface area contributed by atoms with E-state index in [1.807, 2.05) is 0 Å². The van der Waals surface area contributed by atoms with Gasteiger partial charge in [0.15, 0.2) is 5.78 Å². The smallest absolute Gasteiger partial charge is 0.219 e. The van der Waals surface area contributed by atoms with Crippen molar-refractivity contribution in [1.29, 1.82) is 0 Å². The Morgan fingerprint density at radius 2 is 1.93 bits per heavy atom. The summed E-state index contributed by atoms with van der Waals surface area (Å²) in [5.74, 6) is -0.124. The topological polar surface area (TPSA) is 54.5 Å². The Morgan fingerprint density at radius 1 is 1.43 bits per heavy atom. The van der Waals surface area contributed by atoms with Crippen molar-refractivity contribution in [2.75, 3.05) is 13.1 Å². The molecule has 1 heterocycles. The van der Waals surface area contributed by atoms with E-state index in [0.29, 0.717) is 0 Å². The van der Waals surface area contributed by atoms with E-state index < -0.39 is 20.0 Å². The molecule has 4 nitrogen and oxygen atoms in total. The number of hydrogen-bond donors (Lipinski definition) is 1. The van der Waals surface area contributed by atoms with Crippen molar-refractivity contribution in [2.45, 2.75) is 30.8 Å². The molecule has 6 heteroatoms. The van der Waals surface area contributed by atoms with Gasteiger partial charge in [-0.05, 0) is 20.8 Å². The molecule has 0 bridgehead atoms. The van der Waals surface area contributed by atoms with Gasteiger partial charge in [0.1, 0.15) is 0 Å². The number of carbonyl (C=O) groups excluding carboxylic acids is 1. The minimum Gasteiger partial charge on any atom is -0.297 e. The number of hydrogen-bond acceptors (Lipinski definition) is 4. The summed E-state index contributed by atoms with van der Waals surface area (Å²) in [4.78, 5) is 11.2. The van der Waals surface area contributed by atoms with E-state index in [0.717, 1.165) is 0 Å². The van der Waals surface area contributed by atoms with E-state index in [-0.39, 0.29) is 18.9 Å². The molecule has 0 aromatic heterocycles. The van der Waals surface area contributed by atoms with Crippen LogP contribution >= 0.6 is 12.6 Å². The highest BCUT2D eigenvalue weighted by Gasteiger charge is 2.41. The van der Waals surface area contributed by atoms with Crippen LogP contribution in [0.15, 0.2) is 0 Å². The minimum atomic E-state index is -3.38. The summed E-state index contributed by atoms with van der Waals surface area (Å²) in [6, 6.07) is 0. The first-order chi connectivity index (χ1) is 6.16. The van der Waals surface area contributed by atoms with Gasteiger partial charge in [-0.2, -0.15) is 16.9 Å². The van der Waals surface area contributed by atoms with Crippen LogP contribution in [0.1, 0.15) is 20.8 Å². The van der Waals surface area contributed by atoms with E-state index in [1.165, 1.54) is 4.31 Å². The van der Waals surface area contributed by atoms with Gasteiger partial charge in [-0.3, -0.25) is 4.79 Å². The zero-order valence-electron chi connectivity index (χ0n) is 8.52. The van der Waals surface area contributed by atoms with E-state index in [1.54, 1.807) is 20.8 Å². The summed E-state index contributed by atoms with van der Waals surface area (Å²) in [7, 11) is -3.38. The Hall–Kier alpha value is -0.0700. The Morgan fingerprint density at radius 3 is 2.21 bits per heavy atom. The average Bonchev–Trinajstić information content (AvgIpc) is 2.30. The van der Waals surface area contributed by atoms with Crippen molar-refractivity contribution in [1.82, 2.24) is 4.31 Å². The Labute approximate surface area is 90.1 Å². The fourth-order valence-corrected chi connectivity index (χ4v) is 3.02. The van der Waals surface area contributed by atoms with E-state index in [9.17, 15) is 13.2 Å². The number of thiol groups is 1. The molecule has 1 atom stereocenters. The summed E-state index contributed by atoms with van der Waals surface area (Å²) in [6.45, 7) is 5.03. The lowest BCUT2D eigenvalue weighted by atomic mass is 10.3. The highest BCUT2D eigenvalue weighted by Crippen LogP contribution is 2.24. The number of nitrogens with zero attached hydrogens (tertiary/aromatic N) is 1. The normalized spacial score (nSPS) is 25.7. The third kappa shape index (κ3) is 1.97. The largest absolute Gasteiger partial charge is 0.297 e. The second-order valence-corrected chi connectivity index (χ2v) is 7.71. The highest BCUT2D eigenvalue weighted by molar-refractivity contribution is 7.90. The summed E-state index contributed by atoms with van der Waals surface area (Å²) in [5.41, 5.74) is 0. The second-order valence-electron chi connectivity index (χ2n) is 4.39. The summed E-state index contributed by atoms with van der Waals surface area (Å²) in [5, 5.41) is -0.466.